The summed E-state index contributed by atoms with van der Waals surface area (Å²) in [6, 6.07) is 3.16. The van der Waals surface area contributed by atoms with Gasteiger partial charge in [0, 0.05) is 17.1 Å². The SMILES string of the molecule is CCONC=Cc1ccc([N+](=O)[O-])s1. The van der Waals surface area contributed by atoms with Gasteiger partial charge in [0.1, 0.15) is 0 Å². The van der Waals surface area contributed by atoms with E-state index in [2.05, 4.69) is 5.48 Å². The molecule has 0 amide bonds. The first-order valence-corrected chi connectivity index (χ1v) is 4.83. The van der Waals surface area contributed by atoms with E-state index in [0.717, 1.165) is 16.2 Å². The smallest absolute Gasteiger partial charge is 0.277 e. The molecular weight excluding hydrogens is 204 g/mol. The molecule has 0 radical (unpaired) electrons. The summed E-state index contributed by atoms with van der Waals surface area (Å²) >= 11 is 1.12. The van der Waals surface area contributed by atoms with Crippen LogP contribution in [-0.4, -0.2) is 11.5 Å². The minimum atomic E-state index is -0.405. The molecule has 0 bridgehead atoms. The Morgan fingerprint density at radius 1 is 1.71 bits per heavy atom. The zero-order valence-electron chi connectivity index (χ0n) is 7.60. The van der Waals surface area contributed by atoms with Crippen LogP contribution in [0.1, 0.15) is 11.8 Å². The molecule has 0 atom stereocenters. The predicted octanol–water partition coefficient (Wildman–Crippen LogP) is 2.17. The van der Waals surface area contributed by atoms with Crippen molar-refractivity contribution in [1.82, 2.24) is 5.48 Å². The quantitative estimate of drug-likeness (QED) is 0.463. The van der Waals surface area contributed by atoms with Crippen LogP contribution in [0.5, 0.6) is 0 Å². The lowest BCUT2D eigenvalue weighted by atomic mass is 10.4. The van der Waals surface area contributed by atoms with Crippen molar-refractivity contribution >= 4 is 22.4 Å². The molecule has 0 aliphatic rings. The summed E-state index contributed by atoms with van der Waals surface area (Å²) in [5, 5.41) is 10.5. The number of nitrogens with zero attached hydrogens (tertiary/aromatic N) is 1. The second kappa shape index (κ2) is 5.36. The first-order valence-electron chi connectivity index (χ1n) is 4.02. The molecule has 0 aromatic carbocycles. The standard InChI is InChI=1S/C8H10N2O3S/c1-2-13-9-6-5-7-3-4-8(14-7)10(11)12/h3-6,9H,2H2,1H3. The topological polar surface area (TPSA) is 64.4 Å². The Morgan fingerprint density at radius 2 is 2.50 bits per heavy atom. The van der Waals surface area contributed by atoms with Crippen LogP contribution in [-0.2, 0) is 4.84 Å². The fraction of sp³-hybridized carbons (Fsp3) is 0.250. The molecule has 6 heteroatoms. The normalized spacial score (nSPS) is 10.6. The molecule has 1 rings (SSSR count). The maximum atomic E-state index is 10.3. The van der Waals surface area contributed by atoms with E-state index in [-0.39, 0.29) is 5.00 Å². The van der Waals surface area contributed by atoms with Crippen LogP contribution in [0.15, 0.2) is 18.3 Å². The average Bonchev–Trinajstić information content (AvgIpc) is 2.61. The summed E-state index contributed by atoms with van der Waals surface area (Å²) in [4.78, 5) is 15.6. The van der Waals surface area contributed by atoms with E-state index in [1.807, 2.05) is 6.92 Å². The highest BCUT2D eigenvalue weighted by molar-refractivity contribution is 7.16. The maximum absolute atomic E-state index is 10.3. The number of rotatable bonds is 5. The van der Waals surface area contributed by atoms with E-state index in [9.17, 15) is 10.1 Å². The highest BCUT2D eigenvalue weighted by atomic mass is 32.1. The Morgan fingerprint density at radius 3 is 3.07 bits per heavy atom. The van der Waals surface area contributed by atoms with Crippen LogP contribution < -0.4 is 5.48 Å². The molecule has 0 unspecified atom stereocenters. The molecular formula is C8H10N2O3S. The van der Waals surface area contributed by atoms with E-state index in [0.29, 0.717) is 6.61 Å². The van der Waals surface area contributed by atoms with Crippen LogP contribution >= 0.6 is 11.3 Å². The molecule has 1 N–H and O–H groups in total. The number of hydrogen-bond donors (Lipinski definition) is 1. The molecule has 0 fully saturated rings. The minimum Gasteiger partial charge on any atom is -0.277 e. The molecule has 0 aliphatic carbocycles. The van der Waals surface area contributed by atoms with Gasteiger partial charge in [-0.2, -0.15) is 0 Å². The molecule has 0 saturated carbocycles. The average molecular weight is 214 g/mol. The highest BCUT2D eigenvalue weighted by Crippen LogP contribution is 2.24. The zero-order chi connectivity index (χ0) is 10.4. The third-order valence-corrected chi connectivity index (χ3v) is 2.34. The third-order valence-electron chi connectivity index (χ3n) is 1.34. The van der Waals surface area contributed by atoms with Crippen molar-refractivity contribution in [3.63, 3.8) is 0 Å². The lowest BCUT2D eigenvalue weighted by molar-refractivity contribution is -0.380. The minimum absolute atomic E-state index is 0.140. The van der Waals surface area contributed by atoms with E-state index in [1.165, 1.54) is 6.07 Å². The van der Waals surface area contributed by atoms with Crippen molar-refractivity contribution in [1.29, 1.82) is 0 Å². The molecule has 1 heterocycles. The molecule has 0 saturated heterocycles. The number of nitro groups is 1. The molecule has 5 nitrogen and oxygen atoms in total. The first-order chi connectivity index (χ1) is 6.74. The van der Waals surface area contributed by atoms with Crippen LogP contribution in [0.25, 0.3) is 6.08 Å². The van der Waals surface area contributed by atoms with Crippen molar-refractivity contribution in [2.75, 3.05) is 6.61 Å². The highest BCUT2D eigenvalue weighted by Gasteiger charge is 2.07. The zero-order valence-corrected chi connectivity index (χ0v) is 8.41. The van der Waals surface area contributed by atoms with Gasteiger partial charge in [0.05, 0.1) is 11.5 Å². The summed E-state index contributed by atoms with van der Waals surface area (Å²) < 4.78 is 0. The van der Waals surface area contributed by atoms with Gasteiger partial charge in [-0.25, -0.2) is 0 Å². The van der Waals surface area contributed by atoms with Gasteiger partial charge in [0.2, 0.25) is 0 Å². The number of hydrogen-bond acceptors (Lipinski definition) is 5. The van der Waals surface area contributed by atoms with Gasteiger partial charge in [0.25, 0.3) is 0 Å². The van der Waals surface area contributed by atoms with Gasteiger partial charge in [0.15, 0.2) is 0 Å². The van der Waals surface area contributed by atoms with E-state index >= 15 is 0 Å². The third kappa shape index (κ3) is 3.15. The Labute approximate surface area is 85.1 Å². The Balaban J connectivity index is 2.51. The molecule has 0 aliphatic heterocycles. The van der Waals surface area contributed by atoms with Crippen LogP contribution in [0.3, 0.4) is 0 Å². The molecule has 1 aromatic rings. The monoisotopic (exact) mass is 214 g/mol. The van der Waals surface area contributed by atoms with E-state index in [4.69, 9.17) is 4.84 Å². The van der Waals surface area contributed by atoms with Gasteiger partial charge < -0.3 is 0 Å². The second-order valence-electron chi connectivity index (χ2n) is 2.32. The maximum Gasteiger partial charge on any atom is 0.324 e. The van der Waals surface area contributed by atoms with Gasteiger partial charge in [-0.1, -0.05) is 11.3 Å². The lowest BCUT2D eigenvalue weighted by Crippen LogP contribution is -2.04. The molecule has 76 valence electrons. The summed E-state index contributed by atoms with van der Waals surface area (Å²) in [7, 11) is 0. The van der Waals surface area contributed by atoms with Crippen molar-refractivity contribution < 1.29 is 9.76 Å². The van der Waals surface area contributed by atoms with Crippen molar-refractivity contribution in [3.05, 3.63) is 33.3 Å². The predicted molar refractivity (Wildman–Crippen MR) is 54.8 cm³/mol. The lowest BCUT2D eigenvalue weighted by Gasteiger charge is -1.94. The Bertz CT molecular complexity index is 335. The second-order valence-corrected chi connectivity index (χ2v) is 3.41. The van der Waals surface area contributed by atoms with E-state index < -0.39 is 4.92 Å². The van der Waals surface area contributed by atoms with Crippen LogP contribution in [0.2, 0.25) is 0 Å². The van der Waals surface area contributed by atoms with Crippen molar-refractivity contribution in [2.45, 2.75) is 6.92 Å². The fourth-order valence-electron chi connectivity index (χ4n) is 0.778. The summed E-state index contributed by atoms with van der Waals surface area (Å²) in [5.41, 5.74) is 2.58. The molecule has 1 aromatic heterocycles. The van der Waals surface area contributed by atoms with Crippen LogP contribution in [0, 0.1) is 10.1 Å². The first kappa shape index (κ1) is 10.7. The Kier molecular flexibility index (Phi) is 4.09. The van der Waals surface area contributed by atoms with Gasteiger partial charge in [-0.15, -0.1) is 0 Å². The van der Waals surface area contributed by atoms with Gasteiger partial charge >= 0.3 is 5.00 Å². The number of hydroxylamine groups is 1. The largest absolute Gasteiger partial charge is 0.324 e. The van der Waals surface area contributed by atoms with Gasteiger partial charge in [-0.05, 0) is 19.1 Å². The van der Waals surface area contributed by atoms with E-state index in [1.54, 1.807) is 18.3 Å². The summed E-state index contributed by atoms with van der Waals surface area (Å²) in [6.45, 7) is 2.42. The molecule has 14 heavy (non-hydrogen) atoms. The van der Waals surface area contributed by atoms with Crippen molar-refractivity contribution in [3.8, 4) is 0 Å². The Hall–Kier alpha value is -1.40. The number of thiophene rings is 1. The fourth-order valence-corrected chi connectivity index (χ4v) is 1.50. The number of nitrogens with one attached hydrogen (secondary N) is 1. The molecule has 0 spiro atoms. The summed E-state index contributed by atoms with van der Waals surface area (Å²) in [5.74, 6) is 0. The van der Waals surface area contributed by atoms with Gasteiger partial charge in [-0.3, -0.25) is 20.4 Å². The summed E-state index contributed by atoms with van der Waals surface area (Å²) in [6.07, 6.45) is 3.31. The van der Waals surface area contributed by atoms with Crippen LogP contribution in [0.4, 0.5) is 5.00 Å². The van der Waals surface area contributed by atoms with Crippen molar-refractivity contribution in [2.24, 2.45) is 0 Å².